The number of amides is 3. The molecule has 0 bridgehead atoms. The number of fused-ring (bicyclic) bond motifs is 1. The predicted molar refractivity (Wildman–Crippen MR) is 123 cm³/mol. The van der Waals surface area contributed by atoms with Gasteiger partial charge in [-0.25, -0.2) is 4.79 Å². The molecule has 2 aliphatic heterocycles. The number of nitrogens with zero attached hydrogens (tertiary/aromatic N) is 3. The zero-order valence-electron chi connectivity index (χ0n) is 18.0. The second-order valence-corrected chi connectivity index (χ2v) is 8.97. The lowest BCUT2D eigenvalue weighted by Gasteiger charge is -2.23. The minimum atomic E-state index is -0.356. The highest BCUT2D eigenvalue weighted by Gasteiger charge is 2.33. The molecule has 3 aromatic rings. The molecule has 3 amide bonds. The maximum Gasteiger partial charge on any atom is 0.318 e. The molecule has 3 heterocycles. The fourth-order valence-corrected chi connectivity index (χ4v) is 4.76. The van der Waals surface area contributed by atoms with Crippen LogP contribution < -0.4 is 20.1 Å². The van der Waals surface area contributed by atoms with Crippen molar-refractivity contribution in [2.45, 2.75) is 32.4 Å². The first-order valence-electron chi connectivity index (χ1n) is 10.7. The van der Waals surface area contributed by atoms with Crippen molar-refractivity contribution in [3.05, 3.63) is 63.6 Å². The van der Waals surface area contributed by atoms with Gasteiger partial charge >= 0.3 is 6.03 Å². The molecule has 1 unspecified atom stereocenters. The van der Waals surface area contributed by atoms with Gasteiger partial charge < -0.3 is 25.0 Å². The number of benzene rings is 2. The Morgan fingerprint density at radius 1 is 1.12 bits per heavy atom. The Hall–Kier alpha value is -3.66. The summed E-state index contributed by atoms with van der Waals surface area (Å²) in [6, 6.07) is 12.9. The largest absolute Gasteiger partial charge is 0.454 e. The molecular weight excluding hydrogens is 442 g/mol. The second kappa shape index (κ2) is 9.07. The number of carbonyl (C=O) groups excluding carboxylic acids is 2. The number of rotatable bonds is 5. The van der Waals surface area contributed by atoms with E-state index in [-0.39, 0.29) is 29.8 Å². The van der Waals surface area contributed by atoms with Crippen LogP contribution in [0.15, 0.2) is 42.5 Å². The van der Waals surface area contributed by atoms with Crippen LogP contribution in [-0.4, -0.2) is 40.4 Å². The predicted octanol–water partition coefficient (Wildman–Crippen LogP) is 3.87. The number of aryl methyl sites for hydroxylation is 1. The normalized spacial score (nSPS) is 16.6. The number of carbonyl (C=O) groups is 2. The Morgan fingerprint density at radius 3 is 2.79 bits per heavy atom. The second-order valence-electron chi connectivity index (χ2n) is 7.96. The number of anilines is 1. The van der Waals surface area contributed by atoms with E-state index in [4.69, 9.17) is 9.47 Å². The zero-order chi connectivity index (χ0) is 22.8. The third-order valence-corrected chi connectivity index (χ3v) is 6.65. The fourth-order valence-electron chi connectivity index (χ4n) is 3.87. The molecule has 1 atom stereocenters. The molecule has 5 rings (SSSR count). The third kappa shape index (κ3) is 4.61. The Kier molecular flexibility index (Phi) is 5.82. The van der Waals surface area contributed by atoms with Crippen LogP contribution in [0.25, 0.3) is 0 Å². The summed E-state index contributed by atoms with van der Waals surface area (Å²) in [7, 11) is 0. The smallest absolute Gasteiger partial charge is 0.318 e. The van der Waals surface area contributed by atoms with E-state index in [0.29, 0.717) is 35.3 Å². The Morgan fingerprint density at radius 2 is 1.94 bits per heavy atom. The van der Waals surface area contributed by atoms with Gasteiger partial charge in [-0.3, -0.25) is 4.79 Å². The van der Waals surface area contributed by atoms with Crippen LogP contribution in [0.4, 0.5) is 10.5 Å². The molecule has 0 aliphatic carbocycles. The van der Waals surface area contributed by atoms with Gasteiger partial charge in [-0.15, -0.1) is 10.2 Å². The average molecular weight is 466 g/mol. The van der Waals surface area contributed by atoms with Crippen LogP contribution in [0.1, 0.15) is 44.8 Å². The molecule has 0 saturated carbocycles. The molecule has 10 heteroatoms. The van der Waals surface area contributed by atoms with Gasteiger partial charge in [-0.2, -0.15) is 0 Å². The molecule has 0 spiro atoms. The lowest BCUT2D eigenvalue weighted by molar-refractivity contribution is 0.102. The van der Waals surface area contributed by atoms with Crippen LogP contribution in [-0.2, 0) is 6.54 Å². The summed E-state index contributed by atoms with van der Waals surface area (Å²) in [6.45, 7) is 3.30. The average Bonchev–Trinajstić information content (AvgIpc) is 3.58. The van der Waals surface area contributed by atoms with Gasteiger partial charge in [0.25, 0.3) is 5.91 Å². The Bertz CT molecular complexity index is 1180. The van der Waals surface area contributed by atoms with Crippen LogP contribution in [0.3, 0.4) is 0 Å². The highest BCUT2D eigenvalue weighted by atomic mass is 32.1. The highest BCUT2D eigenvalue weighted by molar-refractivity contribution is 7.13. The van der Waals surface area contributed by atoms with Crippen LogP contribution in [0, 0.1) is 6.92 Å². The van der Waals surface area contributed by atoms with Crippen molar-refractivity contribution in [2.24, 2.45) is 0 Å². The van der Waals surface area contributed by atoms with Gasteiger partial charge in [-0.1, -0.05) is 41.2 Å². The molecule has 1 saturated heterocycles. The summed E-state index contributed by atoms with van der Waals surface area (Å²) < 4.78 is 10.6. The van der Waals surface area contributed by atoms with Crippen LogP contribution in [0.2, 0.25) is 0 Å². The van der Waals surface area contributed by atoms with E-state index in [0.717, 1.165) is 18.4 Å². The summed E-state index contributed by atoms with van der Waals surface area (Å²) in [5.74, 6) is 0.878. The van der Waals surface area contributed by atoms with Gasteiger partial charge in [-0.05, 0) is 37.5 Å². The topological polar surface area (TPSA) is 106 Å². The molecule has 9 nitrogen and oxygen atoms in total. The van der Waals surface area contributed by atoms with Crippen molar-refractivity contribution < 1.29 is 19.1 Å². The minimum absolute atomic E-state index is 0.139. The van der Waals surface area contributed by atoms with Gasteiger partial charge in [0.1, 0.15) is 5.01 Å². The molecule has 1 fully saturated rings. The summed E-state index contributed by atoms with van der Waals surface area (Å²) in [5.41, 5.74) is 2.81. The summed E-state index contributed by atoms with van der Waals surface area (Å²) in [4.78, 5) is 27.3. The first-order valence-corrected chi connectivity index (χ1v) is 11.5. The first kappa shape index (κ1) is 21.2. The zero-order valence-corrected chi connectivity index (χ0v) is 18.9. The van der Waals surface area contributed by atoms with E-state index in [1.165, 1.54) is 16.9 Å². The molecule has 33 heavy (non-hydrogen) atoms. The number of likely N-dealkylation sites (tertiary alicyclic amines) is 1. The van der Waals surface area contributed by atoms with Crippen molar-refractivity contribution in [1.82, 2.24) is 20.4 Å². The van der Waals surface area contributed by atoms with Crippen LogP contribution >= 0.6 is 11.3 Å². The van der Waals surface area contributed by atoms with Gasteiger partial charge in [0.2, 0.25) is 11.8 Å². The lowest BCUT2D eigenvalue weighted by Crippen LogP contribution is -2.39. The molecule has 170 valence electrons. The SMILES string of the molecule is Cc1ccc(CNC(=O)N2CCCC2c2nnc(C(=O)Nc3ccc4c(c3)OCO4)s2)cc1. The molecule has 1 aromatic heterocycles. The van der Waals surface area contributed by atoms with E-state index < -0.39 is 0 Å². The first-order chi connectivity index (χ1) is 16.1. The number of hydrogen-bond acceptors (Lipinski definition) is 7. The van der Waals surface area contributed by atoms with Crippen molar-refractivity contribution in [2.75, 3.05) is 18.7 Å². The molecular formula is C23H23N5O4S. The third-order valence-electron chi connectivity index (χ3n) is 5.63. The minimum Gasteiger partial charge on any atom is -0.454 e. The van der Waals surface area contributed by atoms with E-state index >= 15 is 0 Å². The van der Waals surface area contributed by atoms with Gasteiger partial charge in [0, 0.05) is 24.8 Å². The van der Waals surface area contributed by atoms with E-state index in [9.17, 15) is 9.59 Å². The number of ether oxygens (including phenoxy) is 2. The van der Waals surface area contributed by atoms with E-state index in [1.807, 2.05) is 31.2 Å². The van der Waals surface area contributed by atoms with Gasteiger partial charge in [0.15, 0.2) is 11.5 Å². The maximum absolute atomic E-state index is 12.8. The van der Waals surface area contributed by atoms with Crippen molar-refractivity contribution >= 4 is 29.0 Å². The quantitative estimate of drug-likeness (QED) is 0.593. The number of aromatic nitrogens is 2. The molecule has 2 aliphatic rings. The summed E-state index contributed by atoms with van der Waals surface area (Å²) in [6.07, 6.45) is 1.66. The van der Waals surface area contributed by atoms with E-state index in [2.05, 4.69) is 20.8 Å². The number of nitrogens with one attached hydrogen (secondary N) is 2. The van der Waals surface area contributed by atoms with Crippen molar-refractivity contribution in [1.29, 1.82) is 0 Å². The summed E-state index contributed by atoms with van der Waals surface area (Å²) >= 11 is 1.21. The monoisotopic (exact) mass is 465 g/mol. The summed E-state index contributed by atoms with van der Waals surface area (Å²) in [5, 5.41) is 15.0. The fraction of sp³-hybridized carbons (Fsp3) is 0.304. The maximum atomic E-state index is 12.8. The highest BCUT2D eigenvalue weighted by Crippen LogP contribution is 2.35. The Labute approximate surface area is 194 Å². The van der Waals surface area contributed by atoms with Gasteiger partial charge in [0.05, 0.1) is 6.04 Å². The molecule has 0 radical (unpaired) electrons. The number of hydrogen-bond donors (Lipinski definition) is 2. The Balaban J connectivity index is 1.22. The standard InChI is InChI=1S/C23H23N5O4S/c1-14-4-6-15(7-5-14)12-24-23(30)28-10-2-3-17(28)21-26-27-22(33-21)20(29)25-16-8-9-18-19(11-16)32-13-31-18/h4-9,11,17H,2-3,10,12-13H2,1H3,(H,24,30)(H,25,29). The molecule has 2 N–H and O–H groups in total. The van der Waals surface area contributed by atoms with Crippen LogP contribution in [0.5, 0.6) is 11.5 Å². The number of urea groups is 1. The van der Waals surface area contributed by atoms with E-state index in [1.54, 1.807) is 23.1 Å². The van der Waals surface area contributed by atoms with Crippen molar-refractivity contribution in [3.8, 4) is 11.5 Å². The molecule has 2 aromatic carbocycles. The van der Waals surface area contributed by atoms with Crippen molar-refractivity contribution in [3.63, 3.8) is 0 Å². The lowest BCUT2D eigenvalue weighted by atomic mass is 10.1.